The Morgan fingerprint density at radius 2 is 1.61 bits per heavy atom. The lowest BCUT2D eigenvalue weighted by Crippen LogP contribution is -2.34. The van der Waals surface area contributed by atoms with Gasteiger partial charge in [0.2, 0.25) is 0 Å². The predicted octanol–water partition coefficient (Wildman–Crippen LogP) is 6.11. The van der Waals surface area contributed by atoms with Crippen LogP contribution in [0.5, 0.6) is 0 Å². The average molecular weight is 630 g/mol. The number of carbonyl (C=O) groups excluding carboxylic acids is 3. The number of nitrogens with one attached hydrogen (secondary N) is 2. The van der Waals surface area contributed by atoms with E-state index in [2.05, 4.69) is 20.9 Å². The SMILES string of the molecule is COC(=O)c1cc(-c2cn(-c3ccc(C(F)(F)F)cc3)nn2)cc(-c2ccc(C(=O)NCCCNC(=O)OC(C)(C)C)s2)c1. The number of benzene rings is 2. The van der Waals surface area contributed by atoms with Gasteiger partial charge in [-0.2, -0.15) is 13.2 Å². The Labute approximate surface area is 255 Å². The molecule has 2 aromatic heterocycles. The summed E-state index contributed by atoms with van der Waals surface area (Å²) < 4.78 is 50.2. The molecule has 4 rings (SSSR count). The number of aromatic nitrogens is 3. The highest BCUT2D eigenvalue weighted by Gasteiger charge is 2.30. The summed E-state index contributed by atoms with van der Waals surface area (Å²) >= 11 is 1.22. The number of alkyl halides is 3. The minimum Gasteiger partial charge on any atom is -0.465 e. The van der Waals surface area contributed by atoms with Gasteiger partial charge >= 0.3 is 18.2 Å². The molecule has 232 valence electrons. The first-order valence-corrected chi connectivity index (χ1v) is 14.2. The molecular formula is C30H30F3N5O5S. The van der Waals surface area contributed by atoms with Gasteiger partial charge in [-0.15, -0.1) is 16.4 Å². The highest BCUT2D eigenvalue weighted by atomic mass is 32.1. The summed E-state index contributed by atoms with van der Waals surface area (Å²) in [5.74, 6) is -0.875. The van der Waals surface area contributed by atoms with E-state index in [1.165, 1.54) is 41.5 Å². The molecule has 0 saturated carbocycles. The van der Waals surface area contributed by atoms with Crippen molar-refractivity contribution in [1.82, 2.24) is 25.6 Å². The third-order valence-corrected chi connectivity index (χ3v) is 7.16. The number of hydrogen-bond acceptors (Lipinski definition) is 8. The average Bonchev–Trinajstić information content (AvgIpc) is 3.66. The van der Waals surface area contributed by atoms with Crippen LogP contribution in [0.4, 0.5) is 18.0 Å². The minimum atomic E-state index is -4.46. The van der Waals surface area contributed by atoms with Crippen LogP contribution in [0.25, 0.3) is 27.4 Å². The number of thiophene rings is 1. The molecule has 4 aromatic rings. The summed E-state index contributed by atoms with van der Waals surface area (Å²) in [6.07, 6.45) is -2.95. The first kappa shape index (κ1) is 32.2. The molecule has 0 unspecified atom stereocenters. The summed E-state index contributed by atoms with van der Waals surface area (Å²) in [7, 11) is 1.26. The Balaban J connectivity index is 1.47. The van der Waals surface area contributed by atoms with E-state index in [-0.39, 0.29) is 11.5 Å². The van der Waals surface area contributed by atoms with Gasteiger partial charge in [0.15, 0.2) is 0 Å². The van der Waals surface area contributed by atoms with Gasteiger partial charge in [0.25, 0.3) is 5.91 Å². The van der Waals surface area contributed by atoms with Crippen molar-refractivity contribution in [3.05, 3.63) is 76.8 Å². The van der Waals surface area contributed by atoms with Crippen LogP contribution in [0.3, 0.4) is 0 Å². The maximum absolute atomic E-state index is 12.9. The van der Waals surface area contributed by atoms with E-state index >= 15 is 0 Å². The molecule has 0 atom stereocenters. The lowest BCUT2D eigenvalue weighted by atomic mass is 10.0. The first-order chi connectivity index (χ1) is 20.7. The highest BCUT2D eigenvalue weighted by molar-refractivity contribution is 7.17. The van der Waals surface area contributed by atoms with E-state index in [9.17, 15) is 27.6 Å². The van der Waals surface area contributed by atoms with Crippen LogP contribution in [0, 0.1) is 0 Å². The normalized spacial score (nSPS) is 11.6. The second-order valence-corrected chi connectivity index (χ2v) is 11.7. The summed E-state index contributed by atoms with van der Waals surface area (Å²) in [6.45, 7) is 5.97. The fourth-order valence-electron chi connectivity index (χ4n) is 3.98. The minimum absolute atomic E-state index is 0.237. The standard InChI is InChI=1S/C30H30F3N5O5S/c1-29(2,3)43-28(41)35-13-5-12-34-26(39)25-11-10-24(44-25)19-14-18(15-20(16-19)27(40)42-4)23-17-38(37-36-23)22-8-6-21(7-9-22)30(31,32)33/h6-11,14-17H,5,12-13H2,1-4H3,(H,34,39)(H,35,41). The molecule has 14 heteroatoms. The molecule has 0 saturated heterocycles. The smallest absolute Gasteiger partial charge is 0.416 e. The maximum Gasteiger partial charge on any atom is 0.416 e. The quantitative estimate of drug-likeness (QED) is 0.169. The number of methoxy groups -OCH3 is 1. The number of esters is 1. The van der Waals surface area contributed by atoms with Crippen LogP contribution in [0.1, 0.15) is 52.8 Å². The van der Waals surface area contributed by atoms with Crippen molar-refractivity contribution in [3.8, 4) is 27.4 Å². The Bertz CT molecular complexity index is 1640. The number of alkyl carbamates (subject to hydrolysis) is 1. The van der Waals surface area contributed by atoms with Crippen molar-refractivity contribution in [2.75, 3.05) is 20.2 Å². The summed E-state index contributed by atoms with van der Waals surface area (Å²) in [5, 5.41) is 13.6. The van der Waals surface area contributed by atoms with Crippen molar-refractivity contribution in [2.24, 2.45) is 0 Å². The molecule has 0 aliphatic rings. The Kier molecular flexibility index (Phi) is 9.72. The van der Waals surface area contributed by atoms with Crippen molar-refractivity contribution in [1.29, 1.82) is 0 Å². The second-order valence-electron chi connectivity index (χ2n) is 10.6. The summed E-state index contributed by atoms with van der Waals surface area (Å²) in [5.41, 5.74) is 0.731. The molecule has 2 N–H and O–H groups in total. The number of ether oxygens (including phenoxy) is 2. The second kappa shape index (κ2) is 13.3. The maximum atomic E-state index is 12.9. The molecular weight excluding hydrogens is 599 g/mol. The number of nitrogens with zero attached hydrogens (tertiary/aromatic N) is 3. The van der Waals surface area contributed by atoms with Crippen molar-refractivity contribution >= 4 is 29.3 Å². The summed E-state index contributed by atoms with van der Waals surface area (Å²) in [4.78, 5) is 38.1. The third kappa shape index (κ3) is 8.43. The molecule has 0 fully saturated rings. The topological polar surface area (TPSA) is 124 Å². The number of halogens is 3. The molecule has 0 aliphatic carbocycles. The van der Waals surface area contributed by atoms with Gasteiger partial charge in [0.05, 0.1) is 35.0 Å². The molecule has 2 amide bonds. The van der Waals surface area contributed by atoms with Crippen LogP contribution in [0.2, 0.25) is 0 Å². The molecule has 10 nitrogen and oxygen atoms in total. The largest absolute Gasteiger partial charge is 0.465 e. The zero-order valence-corrected chi connectivity index (χ0v) is 25.1. The third-order valence-electron chi connectivity index (χ3n) is 6.02. The van der Waals surface area contributed by atoms with Crippen LogP contribution in [-0.4, -0.2) is 58.8 Å². The van der Waals surface area contributed by atoms with Gasteiger partial charge < -0.3 is 20.1 Å². The predicted molar refractivity (Wildman–Crippen MR) is 158 cm³/mol. The number of carbonyl (C=O) groups is 3. The molecule has 2 aromatic carbocycles. The van der Waals surface area contributed by atoms with Gasteiger partial charge in [-0.1, -0.05) is 5.21 Å². The lowest BCUT2D eigenvalue weighted by Gasteiger charge is -2.19. The lowest BCUT2D eigenvalue weighted by molar-refractivity contribution is -0.137. The van der Waals surface area contributed by atoms with Crippen molar-refractivity contribution < 1.29 is 37.0 Å². The van der Waals surface area contributed by atoms with Gasteiger partial charge in [0.1, 0.15) is 11.3 Å². The van der Waals surface area contributed by atoms with Crippen LogP contribution < -0.4 is 10.6 Å². The number of hydrogen-bond donors (Lipinski definition) is 2. The Hall–Kier alpha value is -4.72. The molecule has 0 bridgehead atoms. The number of rotatable bonds is 9. The van der Waals surface area contributed by atoms with E-state index in [1.807, 2.05) is 0 Å². The molecule has 0 spiro atoms. The van der Waals surface area contributed by atoms with Gasteiger partial charge in [-0.3, -0.25) is 4.79 Å². The van der Waals surface area contributed by atoms with E-state index in [0.717, 1.165) is 12.1 Å². The van der Waals surface area contributed by atoms with Crippen LogP contribution in [-0.2, 0) is 15.7 Å². The molecule has 2 heterocycles. The van der Waals surface area contributed by atoms with Crippen LogP contribution in [0.15, 0.2) is 60.8 Å². The van der Waals surface area contributed by atoms with Gasteiger partial charge in [-0.05, 0) is 87.4 Å². The molecule has 0 radical (unpaired) electrons. The highest BCUT2D eigenvalue weighted by Crippen LogP contribution is 2.33. The fraction of sp³-hybridized carbons (Fsp3) is 0.300. The van der Waals surface area contributed by atoms with E-state index in [4.69, 9.17) is 9.47 Å². The van der Waals surface area contributed by atoms with Crippen molar-refractivity contribution in [3.63, 3.8) is 0 Å². The van der Waals surface area contributed by atoms with Crippen LogP contribution >= 0.6 is 11.3 Å². The first-order valence-electron chi connectivity index (χ1n) is 13.4. The van der Waals surface area contributed by atoms with E-state index in [0.29, 0.717) is 51.8 Å². The van der Waals surface area contributed by atoms with Gasteiger partial charge in [0, 0.05) is 23.5 Å². The van der Waals surface area contributed by atoms with Crippen molar-refractivity contribution in [2.45, 2.75) is 39.0 Å². The Morgan fingerprint density at radius 1 is 0.932 bits per heavy atom. The summed E-state index contributed by atoms with van der Waals surface area (Å²) in [6, 6.07) is 12.9. The molecule has 44 heavy (non-hydrogen) atoms. The zero-order chi connectivity index (χ0) is 32.1. The Morgan fingerprint density at radius 3 is 2.27 bits per heavy atom. The zero-order valence-electron chi connectivity index (χ0n) is 24.3. The monoisotopic (exact) mass is 629 g/mol. The number of amides is 2. The van der Waals surface area contributed by atoms with E-state index < -0.39 is 29.4 Å². The molecule has 0 aliphatic heterocycles. The van der Waals surface area contributed by atoms with E-state index in [1.54, 1.807) is 51.1 Å². The van der Waals surface area contributed by atoms with Gasteiger partial charge in [-0.25, -0.2) is 14.3 Å². The fourth-order valence-corrected chi connectivity index (χ4v) is 4.89.